The number of ether oxygens (including phenoxy) is 1. The van der Waals surface area contributed by atoms with Gasteiger partial charge in [-0.05, 0) is 40.0 Å². The summed E-state index contributed by atoms with van der Waals surface area (Å²) in [5, 5.41) is 24.3. The van der Waals surface area contributed by atoms with Crippen LogP contribution in [0.25, 0.3) is 0 Å². The van der Waals surface area contributed by atoms with Crippen LogP contribution >= 0.6 is 0 Å². The molecular weight excluding hydrogens is 348 g/mol. The number of alkyl carbamates (subject to hydrolysis) is 1. The van der Waals surface area contributed by atoms with Crippen LogP contribution < -0.4 is 10.6 Å². The molecule has 4 amide bonds. The summed E-state index contributed by atoms with van der Waals surface area (Å²) in [6, 6.07) is -2.33. The van der Waals surface area contributed by atoms with Crippen molar-refractivity contribution in [2.75, 3.05) is 13.1 Å². The maximum atomic E-state index is 12.4. The third kappa shape index (κ3) is 7.23. The molecule has 1 heterocycles. The minimum Gasteiger partial charge on any atom is -0.444 e. The quantitative estimate of drug-likeness (QED) is 0.281. The second kappa shape index (κ2) is 9.34. The van der Waals surface area contributed by atoms with E-state index in [0.29, 0.717) is 24.3 Å². The number of hydrogen-bond acceptors (Lipinski definition) is 7. The zero-order valence-corrected chi connectivity index (χ0v) is 15.1. The maximum absolute atomic E-state index is 12.4. The van der Waals surface area contributed by atoms with Gasteiger partial charge in [-0.2, -0.15) is 0 Å². The molecule has 1 fully saturated rings. The lowest BCUT2D eigenvalue weighted by atomic mass is 10.1. The van der Waals surface area contributed by atoms with Crippen molar-refractivity contribution in [3.8, 4) is 0 Å². The van der Waals surface area contributed by atoms with Gasteiger partial charge in [0.15, 0.2) is 0 Å². The van der Waals surface area contributed by atoms with Crippen molar-refractivity contribution in [2.45, 2.75) is 57.7 Å². The summed E-state index contributed by atoms with van der Waals surface area (Å²) >= 11 is 0. The third-order valence-corrected chi connectivity index (χ3v) is 3.48. The van der Waals surface area contributed by atoms with Crippen LogP contribution in [0.15, 0.2) is 0 Å². The SMILES string of the molecule is CC(C)(C)OC(=O)N[C@H](CN(O)C=O)C(=O)N[C@H]1CCCCN(O)C1=O. The molecule has 0 bridgehead atoms. The fourth-order valence-electron chi connectivity index (χ4n) is 2.30. The fourth-order valence-corrected chi connectivity index (χ4v) is 2.30. The molecule has 11 nitrogen and oxygen atoms in total. The number of hydrogen-bond donors (Lipinski definition) is 4. The van der Waals surface area contributed by atoms with E-state index >= 15 is 0 Å². The predicted octanol–water partition coefficient (Wildman–Crippen LogP) is -0.386. The standard InChI is InChI=1S/C15H26N4O7/c1-15(2,3)26-14(23)17-11(8-18(24)9-20)12(21)16-10-6-4-5-7-19(25)13(10)22/h9-11,24-25H,4-8H2,1-3H3,(H,16,21)(H,17,23)/t10-,11+/m0/s1. The highest BCUT2D eigenvalue weighted by atomic mass is 16.6. The average molecular weight is 374 g/mol. The molecule has 0 spiro atoms. The molecule has 0 radical (unpaired) electrons. The summed E-state index contributed by atoms with van der Waals surface area (Å²) in [5.41, 5.74) is -0.816. The molecule has 0 aromatic rings. The minimum atomic E-state index is -1.36. The van der Waals surface area contributed by atoms with E-state index in [1.165, 1.54) is 0 Å². The Morgan fingerprint density at radius 1 is 1.42 bits per heavy atom. The Balaban J connectivity index is 2.81. The molecule has 1 aliphatic heterocycles. The van der Waals surface area contributed by atoms with Gasteiger partial charge in [0.25, 0.3) is 5.91 Å². The Hall–Kier alpha value is -2.40. The van der Waals surface area contributed by atoms with Gasteiger partial charge < -0.3 is 15.4 Å². The molecule has 11 heteroatoms. The average Bonchev–Trinajstić information content (AvgIpc) is 2.67. The van der Waals surface area contributed by atoms with E-state index in [4.69, 9.17) is 4.74 Å². The third-order valence-electron chi connectivity index (χ3n) is 3.48. The molecule has 148 valence electrons. The molecule has 4 N–H and O–H groups in total. The smallest absolute Gasteiger partial charge is 0.408 e. The Morgan fingerprint density at radius 3 is 2.65 bits per heavy atom. The second-order valence-corrected chi connectivity index (χ2v) is 6.94. The van der Waals surface area contributed by atoms with Gasteiger partial charge in [-0.1, -0.05) is 0 Å². The van der Waals surface area contributed by atoms with Crippen LogP contribution in [0.1, 0.15) is 40.0 Å². The number of carbonyl (C=O) groups is 4. The largest absolute Gasteiger partial charge is 0.444 e. The fraction of sp³-hybridized carbons (Fsp3) is 0.733. The first-order chi connectivity index (χ1) is 12.0. The van der Waals surface area contributed by atoms with Crippen LogP contribution in [0.4, 0.5) is 4.79 Å². The molecule has 2 atom stereocenters. The first kappa shape index (κ1) is 21.6. The van der Waals surface area contributed by atoms with Crippen molar-refractivity contribution in [3.05, 3.63) is 0 Å². The first-order valence-electron chi connectivity index (χ1n) is 8.24. The Bertz CT molecular complexity index is 535. The summed E-state index contributed by atoms with van der Waals surface area (Å²) in [6.07, 6.45) is 0.663. The number of hydroxylamine groups is 4. The number of nitrogens with one attached hydrogen (secondary N) is 2. The van der Waals surface area contributed by atoms with Gasteiger partial charge in [-0.15, -0.1) is 0 Å². The van der Waals surface area contributed by atoms with Gasteiger partial charge in [0, 0.05) is 6.54 Å². The number of carbonyl (C=O) groups excluding carboxylic acids is 4. The molecule has 0 unspecified atom stereocenters. The van der Waals surface area contributed by atoms with E-state index in [9.17, 15) is 29.6 Å². The number of rotatable bonds is 6. The van der Waals surface area contributed by atoms with Crippen LogP contribution in [-0.4, -0.2) is 75.6 Å². The highest BCUT2D eigenvalue weighted by Crippen LogP contribution is 2.11. The van der Waals surface area contributed by atoms with Crippen molar-refractivity contribution < 1.29 is 34.3 Å². The predicted molar refractivity (Wildman–Crippen MR) is 87.0 cm³/mol. The Morgan fingerprint density at radius 2 is 2.08 bits per heavy atom. The van der Waals surface area contributed by atoms with E-state index in [0.717, 1.165) is 0 Å². The van der Waals surface area contributed by atoms with Crippen LogP contribution in [0.3, 0.4) is 0 Å². The normalized spacial score (nSPS) is 19.2. The molecular formula is C15H26N4O7. The highest BCUT2D eigenvalue weighted by molar-refractivity contribution is 5.91. The summed E-state index contributed by atoms with van der Waals surface area (Å²) in [5.74, 6) is -1.46. The Labute approximate surface area is 151 Å². The zero-order chi connectivity index (χ0) is 19.9. The summed E-state index contributed by atoms with van der Waals surface area (Å²) < 4.78 is 5.05. The molecule has 1 aliphatic rings. The van der Waals surface area contributed by atoms with Gasteiger partial charge >= 0.3 is 6.09 Å². The van der Waals surface area contributed by atoms with Crippen LogP contribution in [-0.2, 0) is 19.1 Å². The first-order valence-corrected chi connectivity index (χ1v) is 8.24. The van der Waals surface area contributed by atoms with Crippen molar-refractivity contribution in [2.24, 2.45) is 0 Å². The molecule has 26 heavy (non-hydrogen) atoms. The zero-order valence-electron chi connectivity index (χ0n) is 15.1. The lowest BCUT2D eigenvalue weighted by molar-refractivity contribution is -0.167. The second-order valence-electron chi connectivity index (χ2n) is 6.94. The van der Waals surface area contributed by atoms with Crippen molar-refractivity contribution in [3.63, 3.8) is 0 Å². The van der Waals surface area contributed by atoms with E-state index in [2.05, 4.69) is 10.6 Å². The van der Waals surface area contributed by atoms with Gasteiger partial charge in [0.1, 0.15) is 17.7 Å². The number of amides is 4. The summed E-state index contributed by atoms with van der Waals surface area (Å²) in [7, 11) is 0. The molecule has 1 saturated heterocycles. The topological polar surface area (TPSA) is 149 Å². The lowest BCUT2D eigenvalue weighted by Crippen LogP contribution is -2.56. The molecule has 0 saturated carbocycles. The summed E-state index contributed by atoms with van der Waals surface area (Å²) in [6.45, 7) is 4.51. The number of nitrogens with zero attached hydrogens (tertiary/aromatic N) is 2. The molecule has 1 rings (SSSR count). The van der Waals surface area contributed by atoms with Crippen LogP contribution in [0.2, 0.25) is 0 Å². The molecule has 0 aromatic heterocycles. The van der Waals surface area contributed by atoms with Crippen molar-refractivity contribution in [1.29, 1.82) is 0 Å². The minimum absolute atomic E-state index is 0.0727. The van der Waals surface area contributed by atoms with Gasteiger partial charge in [0.05, 0.1) is 6.54 Å². The summed E-state index contributed by atoms with van der Waals surface area (Å²) in [4.78, 5) is 47.0. The van der Waals surface area contributed by atoms with E-state index in [1.54, 1.807) is 20.8 Å². The van der Waals surface area contributed by atoms with Gasteiger partial charge in [-0.25, -0.2) is 14.9 Å². The van der Waals surface area contributed by atoms with Crippen molar-refractivity contribution >= 4 is 24.3 Å². The lowest BCUT2D eigenvalue weighted by Gasteiger charge is -2.26. The Kier molecular flexibility index (Phi) is 7.77. The molecule has 0 aliphatic carbocycles. The van der Waals surface area contributed by atoms with Gasteiger partial charge in [0.2, 0.25) is 12.3 Å². The maximum Gasteiger partial charge on any atom is 0.408 e. The monoisotopic (exact) mass is 374 g/mol. The van der Waals surface area contributed by atoms with E-state index in [-0.39, 0.29) is 18.0 Å². The van der Waals surface area contributed by atoms with Gasteiger partial charge in [-0.3, -0.25) is 24.8 Å². The van der Waals surface area contributed by atoms with E-state index < -0.39 is 42.1 Å². The van der Waals surface area contributed by atoms with Crippen LogP contribution in [0.5, 0.6) is 0 Å². The highest BCUT2D eigenvalue weighted by Gasteiger charge is 2.32. The molecule has 0 aromatic carbocycles. The van der Waals surface area contributed by atoms with Crippen LogP contribution in [0, 0.1) is 0 Å². The van der Waals surface area contributed by atoms with Crippen molar-refractivity contribution in [1.82, 2.24) is 20.8 Å². The van der Waals surface area contributed by atoms with E-state index in [1.807, 2.05) is 0 Å².